The van der Waals surface area contributed by atoms with Gasteiger partial charge < -0.3 is 14.6 Å². The van der Waals surface area contributed by atoms with E-state index >= 15 is 0 Å². The molecule has 28 heavy (non-hydrogen) atoms. The molecule has 0 aliphatic carbocycles. The number of benzene rings is 2. The quantitative estimate of drug-likeness (QED) is 0.715. The lowest BCUT2D eigenvalue weighted by atomic mass is 10.0. The third-order valence-corrected chi connectivity index (χ3v) is 4.28. The van der Waals surface area contributed by atoms with Crippen molar-refractivity contribution in [3.05, 3.63) is 83.7 Å². The van der Waals surface area contributed by atoms with Crippen molar-refractivity contribution in [3.8, 4) is 11.8 Å². The maximum Gasteiger partial charge on any atom is 0.261 e. The Morgan fingerprint density at radius 1 is 1.25 bits per heavy atom. The number of hydrogen-bond acceptors (Lipinski definition) is 4. The lowest BCUT2D eigenvalue weighted by Gasteiger charge is -2.22. The van der Waals surface area contributed by atoms with Gasteiger partial charge in [0.05, 0.1) is 11.6 Å². The van der Waals surface area contributed by atoms with Crippen LogP contribution in [0.3, 0.4) is 0 Å². The predicted molar refractivity (Wildman–Crippen MR) is 101 cm³/mol. The van der Waals surface area contributed by atoms with Gasteiger partial charge in [-0.2, -0.15) is 5.26 Å². The highest BCUT2D eigenvalue weighted by atomic mass is 19.1. The first kappa shape index (κ1) is 19.1. The maximum absolute atomic E-state index is 14.4. The first-order valence-electron chi connectivity index (χ1n) is 8.68. The number of amides is 1. The van der Waals surface area contributed by atoms with Gasteiger partial charge >= 0.3 is 0 Å². The van der Waals surface area contributed by atoms with E-state index in [9.17, 15) is 9.18 Å². The number of rotatable bonds is 6. The molecule has 0 unspecified atom stereocenters. The number of carbonyl (C=O) groups is 1. The standard InChI is InChI=1S/C21H19FN4O2/c1-14(28-16-9-7-15(13-23)8-10-16)21(27)25-19(20-24-11-12-26(20)2)17-5-3-4-6-18(17)22/h3-12,14,19H,1-2H3,(H,25,27)/t14-,19+/m0/s1. The number of imidazole rings is 1. The summed E-state index contributed by atoms with van der Waals surface area (Å²) in [6.45, 7) is 1.60. The molecule has 1 aromatic heterocycles. The summed E-state index contributed by atoms with van der Waals surface area (Å²) in [7, 11) is 1.78. The van der Waals surface area contributed by atoms with Gasteiger partial charge in [0.25, 0.3) is 5.91 Å². The minimum absolute atomic E-state index is 0.315. The molecular formula is C21H19FN4O2. The van der Waals surface area contributed by atoms with Crippen LogP contribution in [-0.2, 0) is 11.8 Å². The molecule has 7 heteroatoms. The fraction of sp³-hybridized carbons (Fsp3) is 0.190. The summed E-state index contributed by atoms with van der Waals surface area (Å²) in [6, 6.07) is 14.0. The summed E-state index contributed by atoms with van der Waals surface area (Å²) >= 11 is 0. The van der Waals surface area contributed by atoms with Crippen molar-refractivity contribution in [1.82, 2.24) is 14.9 Å². The van der Waals surface area contributed by atoms with E-state index in [-0.39, 0.29) is 0 Å². The van der Waals surface area contributed by atoms with Crippen LogP contribution >= 0.6 is 0 Å². The number of carbonyl (C=O) groups excluding carboxylic acids is 1. The Morgan fingerprint density at radius 3 is 2.57 bits per heavy atom. The van der Waals surface area contributed by atoms with Crippen molar-refractivity contribution in [2.24, 2.45) is 7.05 Å². The largest absolute Gasteiger partial charge is 0.481 e. The Morgan fingerprint density at radius 2 is 1.96 bits per heavy atom. The van der Waals surface area contributed by atoms with Gasteiger partial charge in [-0.3, -0.25) is 4.79 Å². The molecule has 0 saturated carbocycles. The topological polar surface area (TPSA) is 79.9 Å². The number of nitrogens with zero attached hydrogens (tertiary/aromatic N) is 3. The van der Waals surface area contributed by atoms with Gasteiger partial charge in [0, 0.05) is 25.0 Å². The molecule has 0 saturated heterocycles. The molecule has 0 radical (unpaired) electrons. The molecule has 0 fully saturated rings. The van der Waals surface area contributed by atoms with Crippen LogP contribution < -0.4 is 10.1 Å². The summed E-state index contributed by atoms with van der Waals surface area (Å²) < 4.78 is 21.8. The average molecular weight is 378 g/mol. The monoisotopic (exact) mass is 378 g/mol. The molecule has 2 atom stereocenters. The lowest BCUT2D eigenvalue weighted by Crippen LogP contribution is -2.40. The van der Waals surface area contributed by atoms with Crippen molar-refractivity contribution in [3.63, 3.8) is 0 Å². The van der Waals surface area contributed by atoms with E-state index in [2.05, 4.69) is 10.3 Å². The number of ether oxygens (including phenoxy) is 1. The molecule has 0 aliphatic rings. The van der Waals surface area contributed by atoms with Crippen LogP contribution in [0.25, 0.3) is 0 Å². The Balaban J connectivity index is 1.80. The average Bonchev–Trinajstić information content (AvgIpc) is 3.13. The zero-order chi connectivity index (χ0) is 20.1. The van der Waals surface area contributed by atoms with E-state index in [0.29, 0.717) is 22.7 Å². The Labute approximate surface area is 162 Å². The molecule has 1 amide bonds. The number of halogens is 1. The lowest BCUT2D eigenvalue weighted by molar-refractivity contribution is -0.127. The van der Waals surface area contributed by atoms with E-state index in [0.717, 1.165) is 0 Å². The number of aryl methyl sites for hydroxylation is 1. The zero-order valence-corrected chi connectivity index (χ0v) is 15.5. The number of aromatic nitrogens is 2. The van der Waals surface area contributed by atoms with Gasteiger partial charge in [-0.15, -0.1) is 0 Å². The van der Waals surface area contributed by atoms with Crippen molar-refractivity contribution in [2.75, 3.05) is 0 Å². The van der Waals surface area contributed by atoms with Crippen LogP contribution in [-0.4, -0.2) is 21.6 Å². The van der Waals surface area contributed by atoms with Gasteiger partial charge in [0.2, 0.25) is 0 Å². The van der Waals surface area contributed by atoms with Crippen LogP contribution in [0.2, 0.25) is 0 Å². The molecule has 142 valence electrons. The highest BCUT2D eigenvalue weighted by Gasteiger charge is 2.26. The van der Waals surface area contributed by atoms with Crippen LogP contribution in [0.5, 0.6) is 5.75 Å². The van der Waals surface area contributed by atoms with E-state index in [1.54, 1.807) is 73.4 Å². The summed E-state index contributed by atoms with van der Waals surface area (Å²) in [5.74, 6) is 0.113. The fourth-order valence-corrected chi connectivity index (χ4v) is 2.77. The zero-order valence-electron chi connectivity index (χ0n) is 15.5. The molecule has 3 aromatic rings. The predicted octanol–water partition coefficient (Wildman–Crippen LogP) is 3.10. The number of nitrogens with one attached hydrogen (secondary N) is 1. The van der Waals surface area contributed by atoms with E-state index in [1.807, 2.05) is 6.07 Å². The molecule has 1 heterocycles. The minimum Gasteiger partial charge on any atom is -0.481 e. The third-order valence-electron chi connectivity index (χ3n) is 4.28. The van der Waals surface area contributed by atoms with Crippen LogP contribution in [0.4, 0.5) is 4.39 Å². The van der Waals surface area contributed by atoms with Crippen molar-refractivity contribution < 1.29 is 13.9 Å². The third kappa shape index (κ3) is 4.18. The smallest absolute Gasteiger partial charge is 0.261 e. The first-order valence-corrected chi connectivity index (χ1v) is 8.68. The molecule has 2 aromatic carbocycles. The molecule has 0 bridgehead atoms. The SMILES string of the molecule is C[C@H](Oc1ccc(C#N)cc1)C(=O)N[C@H](c1ccccc1F)c1nccn1C. The summed E-state index contributed by atoms with van der Waals surface area (Å²) in [5.41, 5.74) is 0.814. The number of nitriles is 1. The summed E-state index contributed by atoms with van der Waals surface area (Å²) in [6.07, 6.45) is 2.49. The second-order valence-electron chi connectivity index (χ2n) is 6.26. The Hall–Kier alpha value is -3.66. The second kappa shape index (κ2) is 8.35. The Bertz CT molecular complexity index is 1010. The highest BCUT2D eigenvalue weighted by molar-refractivity contribution is 5.81. The molecule has 3 rings (SSSR count). The maximum atomic E-state index is 14.4. The van der Waals surface area contributed by atoms with Crippen molar-refractivity contribution in [1.29, 1.82) is 5.26 Å². The van der Waals surface area contributed by atoms with Crippen LogP contribution in [0.15, 0.2) is 60.9 Å². The molecule has 0 aliphatic heterocycles. The van der Waals surface area contributed by atoms with E-state index in [4.69, 9.17) is 10.00 Å². The van der Waals surface area contributed by atoms with Gasteiger partial charge in [-0.25, -0.2) is 9.37 Å². The van der Waals surface area contributed by atoms with Crippen molar-refractivity contribution >= 4 is 5.91 Å². The minimum atomic E-state index is -0.831. The van der Waals surface area contributed by atoms with Crippen molar-refractivity contribution in [2.45, 2.75) is 19.1 Å². The van der Waals surface area contributed by atoms with Gasteiger partial charge in [-0.05, 0) is 37.3 Å². The van der Waals surface area contributed by atoms with Crippen LogP contribution in [0.1, 0.15) is 29.9 Å². The second-order valence-corrected chi connectivity index (χ2v) is 6.26. The van der Waals surface area contributed by atoms with Gasteiger partial charge in [0.15, 0.2) is 6.10 Å². The Kier molecular flexibility index (Phi) is 5.70. The number of hydrogen-bond donors (Lipinski definition) is 1. The first-order chi connectivity index (χ1) is 13.5. The normalized spacial score (nSPS) is 12.6. The van der Waals surface area contributed by atoms with E-state index < -0.39 is 23.9 Å². The van der Waals surface area contributed by atoms with E-state index in [1.165, 1.54) is 6.07 Å². The molecule has 0 spiro atoms. The molecular weight excluding hydrogens is 359 g/mol. The molecule has 6 nitrogen and oxygen atoms in total. The summed E-state index contributed by atoms with van der Waals surface area (Å²) in [4.78, 5) is 17.0. The van der Waals surface area contributed by atoms with Gasteiger partial charge in [-0.1, -0.05) is 18.2 Å². The highest BCUT2D eigenvalue weighted by Crippen LogP contribution is 2.23. The molecule has 1 N–H and O–H groups in total. The van der Waals surface area contributed by atoms with Crippen LogP contribution in [0, 0.1) is 17.1 Å². The summed E-state index contributed by atoms with van der Waals surface area (Å²) in [5, 5.41) is 11.7. The van der Waals surface area contributed by atoms with Gasteiger partial charge in [0.1, 0.15) is 23.4 Å². The fourth-order valence-electron chi connectivity index (χ4n) is 2.77.